The number of phenolic OH excluding ortho intramolecular Hbond substituents is 1. The summed E-state index contributed by atoms with van der Waals surface area (Å²) < 4.78 is 6.62. The van der Waals surface area contributed by atoms with Crippen LogP contribution >= 0.6 is 15.9 Å². The molecule has 0 saturated heterocycles. The van der Waals surface area contributed by atoms with E-state index in [0.717, 1.165) is 4.68 Å². The van der Waals surface area contributed by atoms with E-state index in [1.807, 2.05) is 0 Å². The molecule has 0 spiro atoms. The van der Waals surface area contributed by atoms with E-state index in [0.29, 0.717) is 27.5 Å². The molecule has 8 heteroatoms. The van der Waals surface area contributed by atoms with Crippen molar-refractivity contribution in [2.45, 2.75) is 6.92 Å². The molecule has 2 N–H and O–H groups in total. The summed E-state index contributed by atoms with van der Waals surface area (Å²) in [5, 5.41) is 14.2. The van der Waals surface area contributed by atoms with E-state index in [1.165, 1.54) is 12.3 Å². The van der Waals surface area contributed by atoms with E-state index in [4.69, 9.17) is 4.74 Å². The monoisotopic (exact) mass is 403 g/mol. The van der Waals surface area contributed by atoms with Gasteiger partial charge in [-0.15, -0.1) is 4.68 Å². The number of nitrogens with one attached hydrogen (secondary N) is 1. The molecule has 3 aromatic rings. The molecule has 3 rings (SSSR count). The van der Waals surface area contributed by atoms with Crippen LogP contribution in [0.3, 0.4) is 0 Å². The van der Waals surface area contributed by atoms with Crippen LogP contribution in [-0.2, 0) is 0 Å². The Hall–Kier alpha value is -2.87. The van der Waals surface area contributed by atoms with Crippen molar-refractivity contribution in [2.24, 2.45) is 5.10 Å². The molecule has 25 heavy (non-hydrogen) atoms. The summed E-state index contributed by atoms with van der Waals surface area (Å²) in [6.07, 6.45) is 1.34. The number of para-hydroxylation sites is 1. The molecule has 0 amide bonds. The first kappa shape index (κ1) is 17.0. The number of benzene rings is 2. The molecule has 0 aliphatic carbocycles. The Morgan fingerprint density at radius 3 is 2.84 bits per heavy atom. The highest BCUT2D eigenvalue weighted by atomic mass is 79.9. The Kier molecular flexibility index (Phi) is 4.71. The zero-order valence-electron chi connectivity index (χ0n) is 13.2. The first-order valence-electron chi connectivity index (χ1n) is 7.45. The van der Waals surface area contributed by atoms with Crippen LogP contribution in [-0.4, -0.2) is 27.6 Å². The largest absolute Gasteiger partial charge is 0.504 e. The molecule has 7 nitrogen and oxygen atoms in total. The number of aromatic amines is 1. The van der Waals surface area contributed by atoms with Gasteiger partial charge in [-0.05, 0) is 47.1 Å². The quantitative estimate of drug-likeness (QED) is 0.653. The van der Waals surface area contributed by atoms with Gasteiger partial charge in [-0.3, -0.25) is 4.79 Å². The standard InChI is InChI=1S/C17H14BrN3O4/c1-2-25-15-7-10(12(18)8-14(15)22)9-19-21-16(23)11-5-3-4-6-13(11)20-17(21)24/h3-9,22H,2H2,1H3,(H,20,24). The molecule has 128 valence electrons. The van der Waals surface area contributed by atoms with Crippen LogP contribution in [0.5, 0.6) is 11.5 Å². The lowest BCUT2D eigenvalue weighted by Gasteiger charge is -2.08. The van der Waals surface area contributed by atoms with Gasteiger partial charge in [-0.2, -0.15) is 5.10 Å². The van der Waals surface area contributed by atoms with Crippen molar-refractivity contribution in [1.82, 2.24) is 9.66 Å². The van der Waals surface area contributed by atoms with Crippen LogP contribution in [0.15, 0.2) is 55.6 Å². The lowest BCUT2D eigenvalue weighted by atomic mass is 10.2. The molecular formula is C17H14BrN3O4. The number of nitrogens with zero attached hydrogens (tertiary/aromatic N) is 2. The summed E-state index contributed by atoms with van der Waals surface area (Å²) in [6, 6.07) is 9.72. The predicted octanol–water partition coefficient (Wildman–Crippen LogP) is 2.44. The number of H-pyrrole nitrogens is 1. The van der Waals surface area contributed by atoms with Gasteiger partial charge in [0, 0.05) is 10.0 Å². The third kappa shape index (κ3) is 3.34. The molecule has 0 aliphatic rings. The van der Waals surface area contributed by atoms with Crippen LogP contribution in [0.1, 0.15) is 12.5 Å². The number of halogens is 1. The summed E-state index contributed by atoms with van der Waals surface area (Å²) in [4.78, 5) is 27.1. The van der Waals surface area contributed by atoms with Crippen LogP contribution < -0.4 is 16.0 Å². The third-order valence-electron chi connectivity index (χ3n) is 3.47. The minimum absolute atomic E-state index is 0.0217. The zero-order valence-corrected chi connectivity index (χ0v) is 14.8. The number of fused-ring (bicyclic) bond motifs is 1. The summed E-state index contributed by atoms with van der Waals surface area (Å²) >= 11 is 3.30. The summed E-state index contributed by atoms with van der Waals surface area (Å²) in [5.74, 6) is 0.263. The normalized spacial score (nSPS) is 11.3. The predicted molar refractivity (Wildman–Crippen MR) is 98.8 cm³/mol. The van der Waals surface area contributed by atoms with Crippen molar-refractivity contribution >= 4 is 33.0 Å². The Balaban J connectivity index is 2.09. The molecule has 0 fully saturated rings. The zero-order chi connectivity index (χ0) is 18.0. The Bertz CT molecular complexity index is 1090. The second-order valence-electron chi connectivity index (χ2n) is 5.11. The smallest absolute Gasteiger partial charge is 0.349 e. The van der Waals surface area contributed by atoms with E-state index < -0.39 is 11.2 Å². The maximum absolute atomic E-state index is 12.4. The molecule has 2 aromatic carbocycles. The number of hydrogen-bond donors (Lipinski definition) is 2. The average molecular weight is 404 g/mol. The third-order valence-corrected chi connectivity index (χ3v) is 4.16. The molecule has 0 radical (unpaired) electrons. The van der Waals surface area contributed by atoms with Crippen molar-refractivity contribution in [1.29, 1.82) is 0 Å². The van der Waals surface area contributed by atoms with E-state index in [1.54, 1.807) is 37.3 Å². The van der Waals surface area contributed by atoms with Crippen molar-refractivity contribution in [2.75, 3.05) is 6.61 Å². The van der Waals surface area contributed by atoms with Gasteiger partial charge >= 0.3 is 5.69 Å². The topological polar surface area (TPSA) is 96.7 Å². The lowest BCUT2D eigenvalue weighted by Crippen LogP contribution is -2.32. The lowest BCUT2D eigenvalue weighted by molar-refractivity contribution is 0.318. The van der Waals surface area contributed by atoms with Gasteiger partial charge in [-0.25, -0.2) is 4.79 Å². The summed E-state index contributed by atoms with van der Waals surface area (Å²) in [7, 11) is 0. The highest BCUT2D eigenvalue weighted by molar-refractivity contribution is 9.10. The molecule has 0 bridgehead atoms. The van der Waals surface area contributed by atoms with Gasteiger partial charge in [0.1, 0.15) is 0 Å². The maximum Gasteiger partial charge on any atom is 0.349 e. The van der Waals surface area contributed by atoms with Gasteiger partial charge in [0.05, 0.1) is 23.7 Å². The second kappa shape index (κ2) is 6.94. The van der Waals surface area contributed by atoms with Gasteiger partial charge < -0.3 is 14.8 Å². The van der Waals surface area contributed by atoms with E-state index in [9.17, 15) is 14.7 Å². The Morgan fingerprint density at radius 2 is 2.08 bits per heavy atom. The van der Waals surface area contributed by atoms with Crippen molar-refractivity contribution < 1.29 is 9.84 Å². The number of rotatable bonds is 4. The SMILES string of the molecule is CCOc1cc(C=Nn2c(=O)[nH]c3ccccc3c2=O)c(Br)cc1O. The number of phenols is 1. The fourth-order valence-electron chi connectivity index (χ4n) is 2.31. The van der Waals surface area contributed by atoms with Crippen LogP contribution in [0.2, 0.25) is 0 Å². The maximum atomic E-state index is 12.4. The summed E-state index contributed by atoms with van der Waals surface area (Å²) in [5.41, 5.74) is -0.162. The summed E-state index contributed by atoms with van der Waals surface area (Å²) in [6.45, 7) is 2.18. The molecular weight excluding hydrogens is 390 g/mol. The molecule has 0 saturated carbocycles. The highest BCUT2D eigenvalue weighted by Gasteiger charge is 2.09. The molecule has 1 aromatic heterocycles. The molecule has 0 aliphatic heterocycles. The van der Waals surface area contributed by atoms with Crippen LogP contribution in [0.4, 0.5) is 0 Å². The number of aromatic nitrogens is 2. The number of aromatic hydroxyl groups is 1. The molecule has 1 heterocycles. The fourth-order valence-corrected chi connectivity index (χ4v) is 2.74. The van der Waals surface area contributed by atoms with Gasteiger partial charge in [0.25, 0.3) is 5.56 Å². The minimum atomic E-state index is -0.639. The van der Waals surface area contributed by atoms with E-state index >= 15 is 0 Å². The van der Waals surface area contributed by atoms with Gasteiger partial charge in [-0.1, -0.05) is 12.1 Å². The average Bonchev–Trinajstić information content (AvgIpc) is 2.58. The number of hydrogen-bond acceptors (Lipinski definition) is 5. The fraction of sp³-hybridized carbons (Fsp3) is 0.118. The van der Waals surface area contributed by atoms with Crippen molar-refractivity contribution in [3.63, 3.8) is 0 Å². The van der Waals surface area contributed by atoms with Crippen molar-refractivity contribution in [3.8, 4) is 11.5 Å². The number of ether oxygens (including phenoxy) is 1. The first-order chi connectivity index (χ1) is 12.0. The van der Waals surface area contributed by atoms with Crippen LogP contribution in [0, 0.1) is 0 Å². The first-order valence-corrected chi connectivity index (χ1v) is 8.24. The van der Waals surface area contributed by atoms with Crippen molar-refractivity contribution in [3.05, 3.63) is 67.3 Å². The Morgan fingerprint density at radius 1 is 1.32 bits per heavy atom. The van der Waals surface area contributed by atoms with E-state index in [-0.39, 0.29) is 11.5 Å². The van der Waals surface area contributed by atoms with Gasteiger partial charge in [0.2, 0.25) is 0 Å². The minimum Gasteiger partial charge on any atom is -0.504 e. The van der Waals surface area contributed by atoms with Crippen LogP contribution in [0.25, 0.3) is 10.9 Å². The highest BCUT2D eigenvalue weighted by Crippen LogP contribution is 2.31. The molecule has 0 atom stereocenters. The molecule has 0 unspecified atom stereocenters. The van der Waals surface area contributed by atoms with Gasteiger partial charge in [0.15, 0.2) is 11.5 Å². The van der Waals surface area contributed by atoms with E-state index in [2.05, 4.69) is 26.0 Å². The Labute approximate surface area is 150 Å². The second-order valence-corrected chi connectivity index (χ2v) is 5.97.